The summed E-state index contributed by atoms with van der Waals surface area (Å²) in [5.74, 6) is -2.16. The number of anilines is 1. The van der Waals surface area contributed by atoms with Crippen LogP contribution in [0.25, 0.3) is 0 Å². The quantitative estimate of drug-likeness (QED) is 0.322. The third kappa shape index (κ3) is 5.23. The second kappa shape index (κ2) is 7.21. The van der Waals surface area contributed by atoms with E-state index in [1.165, 1.54) is 12.1 Å². The van der Waals surface area contributed by atoms with Crippen molar-refractivity contribution < 1.29 is 27.7 Å². The molecule has 0 bridgehead atoms. The van der Waals surface area contributed by atoms with Crippen molar-refractivity contribution in [1.29, 1.82) is 5.26 Å². The molecule has 116 valence electrons. The van der Waals surface area contributed by atoms with E-state index in [0.29, 0.717) is 0 Å². The smallest absolute Gasteiger partial charge is 0.322 e. The highest BCUT2D eigenvalue weighted by Crippen LogP contribution is 2.15. The molecule has 0 saturated carbocycles. The number of benzene rings is 1. The maximum atomic E-state index is 11.5. The van der Waals surface area contributed by atoms with E-state index in [0.717, 1.165) is 18.3 Å². The van der Waals surface area contributed by atoms with Gasteiger partial charge in [0.25, 0.3) is 16.0 Å². The third-order valence-electron chi connectivity index (χ3n) is 2.28. The molecule has 0 saturated heterocycles. The molecule has 1 amide bonds. The molecular weight excluding hydrogens is 314 g/mol. The van der Waals surface area contributed by atoms with E-state index in [4.69, 9.17) is 14.9 Å². The second-order valence-corrected chi connectivity index (χ2v) is 5.32. The highest BCUT2D eigenvalue weighted by Gasteiger charge is 2.11. The predicted octanol–water partition coefficient (Wildman–Crippen LogP) is -0.0465. The first-order valence-electron chi connectivity index (χ1n) is 5.68. The maximum absolute atomic E-state index is 11.5. The average molecular weight is 325 g/mol. The number of aliphatic carboxylic acids is 1. The summed E-state index contributed by atoms with van der Waals surface area (Å²) in [7, 11) is -4.37. The number of nitrogens with one attached hydrogen (secondary N) is 2. The molecule has 0 heterocycles. The summed E-state index contributed by atoms with van der Waals surface area (Å²) < 4.78 is 30.9. The molecule has 0 unspecified atom stereocenters. The van der Waals surface area contributed by atoms with Gasteiger partial charge in [-0.25, -0.2) is 0 Å². The molecule has 1 aromatic rings. The first kappa shape index (κ1) is 17.2. The van der Waals surface area contributed by atoms with Gasteiger partial charge in [0, 0.05) is 11.9 Å². The van der Waals surface area contributed by atoms with Gasteiger partial charge < -0.3 is 15.7 Å². The fourth-order valence-electron chi connectivity index (χ4n) is 1.30. The van der Waals surface area contributed by atoms with Gasteiger partial charge in [0.15, 0.2) is 0 Å². The highest BCUT2D eigenvalue weighted by atomic mass is 32.2. The summed E-state index contributed by atoms with van der Waals surface area (Å²) in [6.45, 7) is -0.643. The van der Waals surface area contributed by atoms with Gasteiger partial charge in [-0.2, -0.15) is 13.7 Å². The number of carboxylic acid groups (broad SMARTS) is 1. The van der Waals surface area contributed by atoms with Crippen LogP contribution in [0.1, 0.15) is 0 Å². The van der Waals surface area contributed by atoms with Crippen molar-refractivity contribution in [2.24, 2.45) is 0 Å². The lowest BCUT2D eigenvalue weighted by Gasteiger charge is -2.04. The Morgan fingerprint density at radius 2 is 2.05 bits per heavy atom. The van der Waals surface area contributed by atoms with Crippen LogP contribution < -0.4 is 10.6 Å². The molecule has 4 N–H and O–H groups in total. The number of amides is 1. The molecule has 1 aromatic carbocycles. The number of hydrogen-bond acceptors (Lipinski definition) is 6. The lowest BCUT2D eigenvalue weighted by molar-refractivity contribution is -0.137. The van der Waals surface area contributed by atoms with Crippen LogP contribution >= 0.6 is 0 Å². The Hall–Kier alpha value is -2.90. The summed E-state index contributed by atoms with van der Waals surface area (Å²) in [6.07, 6.45) is 0.986. The van der Waals surface area contributed by atoms with Crippen molar-refractivity contribution in [3.63, 3.8) is 0 Å². The summed E-state index contributed by atoms with van der Waals surface area (Å²) >= 11 is 0. The predicted molar refractivity (Wildman–Crippen MR) is 74.2 cm³/mol. The SMILES string of the molecule is N#C/C(=C/Nc1cccc(S(=O)(=O)O)c1)C(=O)NCC(=O)O. The van der Waals surface area contributed by atoms with Crippen molar-refractivity contribution in [3.05, 3.63) is 36.0 Å². The van der Waals surface area contributed by atoms with Crippen molar-refractivity contribution >= 4 is 27.7 Å². The zero-order valence-electron chi connectivity index (χ0n) is 11.0. The second-order valence-electron chi connectivity index (χ2n) is 3.89. The molecule has 0 aliphatic heterocycles. The van der Waals surface area contributed by atoms with Crippen molar-refractivity contribution in [3.8, 4) is 6.07 Å². The van der Waals surface area contributed by atoms with E-state index in [-0.39, 0.29) is 10.6 Å². The molecule has 0 aliphatic carbocycles. The van der Waals surface area contributed by atoms with Gasteiger partial charge >= 0.3 is 5.97 Å². The third-order valence-corrected chi connectivity index (χ3v) is 3.13. The molecule has 22 heavy (non-hydrogen) atoms. The van der Waals surface area contributed by atoms with Crippen molar-refractivity contribution in [2.75, 3.05) is 11.9 Å². The molecular formula is C12H11N3O6S. The fraction of sp³-hybridized carbons (Fsp3) is 0.0833. The zero-order chi connectivity index (χ0) is 16.8. The Morgan fingerprint density at radius 3 is 2.59 bits per heavy atom. The van der Waals surface area contributed by atoms with E-state index < -0.39 is 34.1 Å². The van der Waals surface area contributed by atoms with Gasteiger partial charge in [-0.05, 0) is 18.2 Å². The number of nitriles is 1. The Balaban J connectivity index is 2.87. The normalized spacial score (nSPS) is 11.4. The van der Waals surface area contributed by atoms with E-state index in [9.17, 15) is 18.0 Å². The summed E-state index contributed by atoms with van der Waals surface area (Å²) in [5.41, 5.74) is -0.201. The largest absolute Gasteiger partial charge is 0.480 e. The number of carbonyl (C=O) groups excluding carboxylic acids is 1. The zero-order valence-corrected chi connectivity index (χ0v) is 11.8. The van der Waals surface area contributed by atoms with Gasteiger partial charge in [0.1, 0.15) is 18.2 Å². The molecule has 0 radical (unpaired) electrons. The van der Waals surface area contributed by atoms with Crippen LogP contribution in [0.5, 0.6) is 0 Å². The molecule has 0 aliphatic rings. The Kier molecular flexibility index (Phi) is 5.62. The van der Waals surface area contributed by atoms with Gasteiger partial charge in [-0.3, -0.25) is 14.1 Å². The standard InChI is InChI=1S/C12H11N3O6S/c13-5-8(12(18)15-7-11(16)17)6-14-9-2-1-3-10(4-9)22(19,20)21/h1-4,6,14H,7H2,(H,15,18)(H,16,17)(H,19,20,21)/b8-6-. The van der Waals surface area contributed by atoms with E-state index in [2.05, 4.69) is 5.32 Å². The first-order chi connectivity index (χ1) is 10.2. The fourth-order valence-corrected chi connectivity index (χ4v) is 1.83. The van der Waals surface area contributed by atoms with Crippen LogP contribution in [0.2, 0.25) is 0 Å². The average Bonchev–Trinajstić information content (AvgIpc) is 2.45. The minimum absolute atomic E-state index is 0.203. The van der Waals surface area contributed by atoms with Crippen LogP contribution in [0.15, 0.2) is 40.9 Å². The van der Waals surface area contributed by atoms with Gasteiger partial charge in [0.2, 0.25) is 0 Å². The monoisotopic (exact) mass is 325 g/mol. The molecule has 0 fully saturated rings. The minimum Gasteiger partial charge on any atom is -0.480 e. The van der Waals surface area contributed by atoms with E-state index in [1.54, 1.807) is 6.07 Å². The van der Waals surface area contributed by atoms with E-state index in [1.807, 2.05) is 5.32 Å². The number of rotatable bonds is 6. The Morgan fingerprint density at radius 1 is 1.36 bits per heavy atom. The van der Waals surface area contributed by atoms with Crippen LogP contribution in [0, 0.1) is 11.3 Å². The molecule has 9 nitrogen and oxygen atoms in total. The van der Waals surface area contributed by atoms with Crippen LogP contribution in [0.4, 0.5) is 5.69 Å². The minimum atomic E-state index is -4.37. The topological polar surface area (TPSA) is 157 Å². The number of nitrogens with zero attached hydrogens (tertiary/aromatic N) is 1. The lowest BCUT2D eigenvalue weighted by atomic mass is 10.3. The van der Waals surface area contributed by atoms with Gasteiger partial charge in [-0.15, -0.1) is 0 Å². The van der Waals surface area contributed by atoms with Crippen LogP contribution in [-0.2, 0) is 19.7 Å². The molecule has 1 rings (SSSR count). The van der Waals surface area contributed by atoms with Crippen LogP contribution in [0.3, 0.4) is 0 Å². The van der Waals surface area contributed by atoms with E-state index >= 15 is 0 Å². The Bertz CT molecular complexity index is 763. The Labute approximate surface area is 125 Å². The number of carbonyl (C=O) groups is 2. The van der Waals surface area contributed by atoms with Crippen LogP contribution in [-0.4, -0.2) is 36.5 Å². The maximum Gasteiger partial charge on any atom is 0.322 e. The van der Waals surface area contributed by atoms with Gasteiger partial charge in [0.05, 0.1) is 4.90 Å². The van der Waals surface area contributed by atoms with Crippen molar-refractivity contribution in [1.82, 2.24) is 5.32 Å². The highest BCUT2D eigenvalue weighted by molar-refractivity contribution is 7.85. The molecule has 0 spiro atoms. The molecule has 10 heteroatoms. The van der Waals surface area contributed by atoms with Crippen molar-refractivity contribution in [2.45, 2.75) is 4.90 Å². The number of hydrogen-bond donors (Lipinski definition) is 4. The summed E-state index contributed by atoms with van der Waals surface area (Å²) in [4.78, 5) is 21.4. The van der Waals surface area contributed by atoms with Gasteiger partial charge in [-0.1, -0.05) is 6.07 Å². The first-order valence-corrected chi connectivity index (χ1v) is 7.12. The molecule has 0 atom stereocenters. The number of carboxylic acids is 1. The lowest BCUT2D eigenvalue weighted by Crippen LogP contribution is -2.30. The summed E-state index contributed by atoms with van der Waals surface area (Å²) in [5, 5.41) is 21.7. The summed E-state index contributed by atoms with van der Waals surface area (Å²) in [6, 6.07) is 6.60. The molecule has 0 aromatic heterocycles.